The van der Waals surface area contributed by atoms with Crippen LogP contribution in [0.2, 0.25) is 0 Å². The normalized spacial score (nSPS) is 12.7. The summed E-state index contributed by atoms with van der Waals surface area (Å²) in [6.07, 6.45) is -6.46. The van der Waals surface area contributed by atoms with Crippen LogP contribution in [0.4, 0.5) is 17.6 Å². The van der Waals surface area contributed by atoms with Gasteiger partial charge in [0, 0.05) is 17.1 Å². The fraction of sp³-hybridized carbons (Fsp3) is 0.385. The Hall–Kier alpha value is -1.77. The molecule has 0 aliphatic carbocycles. The zero-order chi connectivity index (χ0) is 16.8. The molecule has 22 heavy (non-hydrogen) atoms. The van der Waals surface area contributed by atoms with Gasteiger partial charge >= 0.3 is 12.1 Å². The van der Waals surface area contributed by atoms with E-state index in [0.29, 0.717) is 4.90 Å². The van der Waals surface area contributed by atoms with Crippen LogP contribution in [0.15, 0.2) is 29.2 Å². The lowest BCUT2D eigenvalue weighted by Crippen LogP contribution is -2.43. The van der Waals surface area contributed by atoms with Crippen LogP contribution < -0.4 is 5.32 Å². The van der Waals surface area contributed by atoms with Gasteiger partial charge in [-0.25, -0.2) is 9.18 Å². The number of halogens is 4. The lowest BCUT2D eigenvalue weighted by molar-refractivity contribution is -0.159. The van der Waals surface area contributed by atoms with Crippen molar-refractivity contribution in [3.05, 3.63) is 30.1 Å². The molecule has 1 amide bonds. The number of benzene rings is 1. The maximum atomic E-state index is 12.7. The highest BCUT2D eigenvalue weighted by atomic mass is 32.2. The van der Waals surface area contributed by atoms with E-state index in [1.165, 1.54) is 36.0 Å². The van der Waals surface area contributed by atoms with Gasteiger partial charge in [0.1, 0.15) is 11.9 Å². The summed E-state index contributed by atoms with van der Waals surface area (Å²) in [7, 11) is 0. The second kappa shape index (κ2) is 8.02. The van der Waals surface area contributed by atoms with Gasteiger partial charge in [-0.15, -0.1) is 11.8 Å². The fourth-order valence-corrected chi connectivity index (χ4v) is 2.34. The van der Waals surface area contributed by atoms with E-state index in [0.717, 1.165) is 0 Å². The summed E-state index contributed by atoms with van der Waals surface area (Å²) in [5, 5.41) is 10.5. The van der Waals surface area contributed by atoms with Gasteiger partial charge in [0.2, 0.25) is 5.91 Å². The van der Waals surface area contributed by atoms with E-state index in [2.05, 4.69) is 0 Å². The molecule has 0 saturated heterocycles. The van der Waals surface area contributed by atoms with E-state index in [1.54, 1.807) is 0 Å². The smallest absolute Gasteiger partial charge is 0.391 e. The number of hydrogen-bond donors (Lipinski definition) is 2. The molecule has 0 heterocycles. The quantitative estimate of drug-likeness (QED) is 0.592. The topological polar surface area (TPSA) is 66.4 Å². The van der Waals surface area contributed by atoms with Crippen LogP contribution in [0.5, 0.6) is 0 Å². The number of hydrogen-bond acceptors (Lipinski definition) is 3. The first-order valence-corrected chi connectivity index (χ1v) is 7.13. The second-order valence-corrected chi connectivity index (χ2v) is 5.50. The first-order valence-electron chi connectivity index (χ1n) is 6.14. The van der Waals surface area contributed by atoms with E-state index in [1.807, 2.05) is 5.32 Å². The van der Waals surface area contributed by atoms with E-state index < -0.39 is 36.3 Å². The molecule has 1 atom stereocenters. The van der Waals surface area contributed by atoms with Crippen LogP contribution in [-0.4, -0.2) is 35.0 Å². The molecule has 0 aliphatic rings. The zero-order valence-corrected chi connectivity index (χ0v) is 12.0. The van der Waals surface area contributed by atoms with Crippen molar-refractivity contribution in [3.63, 3.8) is 0 Å². The zero-order valence-electron chi connectivity index (χ0n) is 11.2. The van der Waals surface area contributed by atoms with Crippen molar-refractivity contribution in [2.24, 2.45) is 0 Å². The minimum atomic E-state index is -4.68. The SMILES string of the molecule is O=C(CCSc1ccc(F)cc1)NC(CC(F)(F)F)C(=O)O. The van der Waals surface area contributed by atoms with Gasteiger partial charge in [-0.2, -0.15) is 13.2 Å². The Morgan fingerprint density at radius 1 is 1.23 bits per heavy atom. The summed E-state index contributed by atoms with van der Waals surface area (Å²) in [5.74, 6) is -2.70. The minimum absolute atomic E-state index is 0.149. The number of carbonyl (C=O) groups is 2. The summed E-state index contributed by atoms with van der Waals surface area (Å²) in [5.41, 5.74) is 0. The summed E-state index contributed by atoms with van der Waals surface area (Å²) in [6, 6.07) is 3.49. The highest BCUT2D eigenvalue weighted by Gasteiger charge is 2.36. The predicted molar refractivity (Wildman–Crippen MR) is 72.0 cm³/mol. The summed E-state index contributed by atoms with van der Waals surface area (Å²) in [4.78, 5) is 22.9. The van der Waals surface area contributed by atoms with Gasteiger partial charge in [0.05, 0.1) is 6.42 Å². The summed E-state index contributed by atoms with van der Waals surface area (Å²) in [6.45, 7) is 0. The Balaban J connectivity index is 2.40. The fourth-order valence-electron chi connectivity index (χ4n) is 1.49. The van der Waals surface area contributed by atoms with Gasteiger partial charge in [-0.05, 0) is 24.3 Å². The van der Waals surface area contributed by atoms with Crippen molar-refractivity contribution in [3.8, 4) is 0 Å². The molecule has 1 aromatic rings. The number of nitrogens with one attached hydrogen (secondary N) is 1. The number of aliphatic carboxylic acids is 1. The van der Waals surface area contributed by atoms with Gasteiger partial charge < -0.3 is 10.4 Å². The first-order chi connectivity index (χ1) is 10.2. The van der Waals surface area contributed by atoms with Crippen molar-refractivity contribution in [2.45, 2.75) is 30.0 Å². The largest absolute Gasteiger partial charge is 0.480 e. The third-order valence-electron chi connectivity index (χ3n) is 2.48. The van der Waals surface area contributed by atoms with Gasteiger partial charge in [0.25, 0.3) is 0 Å². The number of carboxylic acid groups (broad SMARTS) is 1. The highest BCUT2D eigenvalue weighted by molar-refractivity contribution is 7.99. The van der Waals surface area contributed by atoms with Crippen molar-refractivity contribution in [1.29, 1.82) is 0 Å². The van der Waals surface area contributed by atoms with Crippen LogP contribution in [0.3, 0.4) is 0 Å². The molecular formula is C13H13F4NO3S. The van der Waals surface area contributed by atoms with Gasteiger partial charge in [0.15, 0.2) is 0 Å². The average Bonchev–Trinajstić information content (AvgIpc) is 2.38. The summed E-state index contributed by atoms with van der Waals surface area (Å²) < 4.78 is 49.2. The number of amides is 1. The highest BCUT2D eigenvalue weighted by Crippen LogP contribution is 2.22. The second-order valence-electron chi connectivity index (χ2n) is 4.33. The van der Waals surface area contributed by atoms with Crippen LogP contribution in [0, 0.1) is 5.82 Å². The molecule has 2 N–H and O–H groups in total. The van der Waals surface area contributed by atoms with E-state index in [4.69, 9.17) is 5.11 Å². The number of alkyl halides is 3. The molecule has 9 heteroatoms. The molecule has 122 valence electrons. The average molecular weight is 339 g/mol. The van der Waals surface area contributed by atoms with Crippen LogP contribution >= 0.6 is 11.8 Å². The van der Waals surface area contributed by atoms with Crippen molar-refractivity contribution in [2.75, 3.05) is 5.75 Å². The molecule has 1 aromatic carbocycles. The number of carbonyl (C=O) groups excluding carboxylic acids is 1. The third-order valence-corrected chi connectivity index (χ3v) is 3.49. The predicted octanol–water partition coefficient (Wildman–Crippen LogP) is 2.83. The van der Waals surface area contributed by atoms with Crippen LogP contribution in [0.25, 0.3) is 0 Å². The Morgan fingerprint density at radius 2 is 1.82 bits per heavy atom. The third kappa shape index (κ3) is 7.30. The molecule has 0 aliphatic heterocycles. The first kappa shape index (κ1) is 18.3. The number of rotatable bonds is 7. The molecule has 1 rings (SSSR count). The Morgan fingerprint density at radius 3 is 2.32 bits per heavy atom. The Bertz CT molecular complexity index is 519. The van der Waals surface area contributed by atoms with E-state index in [-0.39, 0.29) is 12.2 Å². The lowest BCUT2D eigenvalue weighted by Gasteiger charge is -2.16. The maximum absolute atomic E-state index is 12.7. The Labute approximate surface area is 127 Å². The van der Waals surface area contributed by atoms with Gasteiger partial charge in [-0.3, -0.25) is 4.79 Å². The van der Waals surface area contributed by atoms with Crippen molar-refractivity contribution in [1.82, 2.24) is 5.32 Å². The van der Waals surface area contributed by atoms with E-state index >= 15 is 0 Å². The molecule has 0 spiro atoms. The van der Waals surface area contributed by atoms with E-state index in [9.17, 15) is 27.2 Å². The lowest BCUT2D eigenvalue weighted by atomic mass is 10.2. The number of carboxylic acids is 1. The molecule has 4 nitrogen and oxygen atoms in total. The monoisotopic (exact) mass is 339 g/mol. The maximum Gasteiger partial charge on any atom is 0.391 e. The molecule has 0 fully saturated rings. The molecule has 1 unspecified atom stereocenters. The summed E-state index contributed by atoms with van der Waals surface area (Å²) >= 11 is 1.21. The molecule has 0 bridgehead atoms. The minimum Gasteiger partial charge on any atom is -0.480 e. The van der Waals surface area contributed by atoms with Crippen LogP contribution in [-0.2, 0) is 9.59 Å². The van der Waals surface area contributed by atoms with Crippen LogP contribution in [0.1, 0.15) is 12.8 Å². The number of thioether (sulfide) groups is 1. The standard InChI is InChI=1S/C13H13F4NO3S/c14-8-1-3-9(4-2-8)22-6-5-11(19)18-10(12(20)21)7-13(15,16)17/h1-4,10H,5-7H2,(H,18,19)(H,20,21). The van der Waals surface area contributed by atoms with Gasteiger partial charge in [-0.1, -0.05) is 0 Å². The molecule has 0 saturated carbocycles. The Kier molecular flexibility index (Phi) is 6.66. The van der Waals surface area contributed by atoms with Crippen molar-refractivity contribution >= 4 is 23.6 Å². The molecule has 0 radical (unpaired) electrons. The molecule has 0 aromatic heterocycles. The molecular weight excluding hydrogens is 326 g/mol. The van der Waals surface area contributed by atoms with Crippen molar-refractivity contribution < 1.29 is 32.3 Å².